The van der Waals surface area contributed by atoms with E-state index in [1.54, 1.807) is 4.57 Å². The van der Waals surface area contributed by atoms with Gasteiger partial charge in [0, 0.05) is 11.4 Å². The van der Waals surface area contributed by atoms with Crippen molar-refractivity contribution in [3.05, 3.63) is 56.5 Å². The number of thioether (sulfide) groups is 1. The van der Waals surface area contributed by atoms with E-state index in [9.17, 15) is 9.59 Å². The summed E-state index contributed by atoms with van der Waals surface area (Å²) < 4.78 is 3.61. The van der Waals surface area contributed by atoms with Gasteiger partial charge in [0.15, 0.2) is 10.9 Å². The Kier molecular flexibility index (Phi) is 5.82. The predicted octanol–water partition coefficient (Wildman–Crippen LogP) is 4.58. The summed E-state index contributed by atoms with van der Waals surface area (Å²) in [6, 6.07) is 11.3. The molecule has 3 heterocycles. The second-order valence-corrected chi connectivity index (χ2v) is 9.15. The summed E-state index contributed by atoms with van der Waals surface area (Å²) in [4.78, 5) is 27.4. The van der Waals surface area contributed by atoms with Crippen molar-refractivity contribution in [3.8, 4) is 0 Å². The number of benzene rings is 1. The van der Waals surface area contributed by atoms with Crippen molar-refractivity contribution in [2.45, 2.75) is 44.8 Å². The van der Waals surface area contributed by atoms with Gasteiger partial charge in [0.2, 0.25) is 5.78 Å². The van der Waals surface area contributed by atoms with Crippen LogP contribution in [0.3, 0.4) is 0 Å². The molecule has 1 aromatic carbocycles. The third kappa shape index (κ3) is 3.86. The third-order valence-electron chi connectivity index (χ3n) is 4.81. The molecule has 0 radical (unpaired) electrons. The predicted molar refractivity (Wildman–Crippen MR) is 118 cm³/mol. The van der Waals surface area contributed by atoms with Gasteiger partial charge in [0.05, 0.1) is 21.5 Å². The van der Waals surface area contributed by atoms with Crippen molar-refractivity contribution in [1.82, 2.24) is 19.2 Å². The number of fused-ring (bicyclic) bond motifs is 3. The molecule has 3 aromatic heterocycles. The highest BCUT2D eigenvalue weighted by Gasteiger charge is 2.18. The zero-order valence-electron chi connectivity index (χ0n) is 16.4. The number of nitrogens with zero attached hydrogens (tertiary/aromatic N) is 4. The lowest BCUT2D eigenvalue weighted by Crippen LogP contribution is -2.23. The quantitative estimate of drug-likeness (QED) is 0.234. The number of unbranched alkanes of at least 4 members (excludes halogenated alkanes) is 2. The molecule has 0 bridgehead atoms. The Balaban J connectivity index is 1.73. The van der Waals surface area contributed by atoms with E-state index in [1.807, 2.05) is 47.7 Å². The van der Waals surface area contributed by atoms with Gasteiger partial charge in [-0.05, 0) is 37.6 Å². The second-order valence-electron chi connectivity index (χ2n) is 6.92. The molecule has 6 nitrogen and oxygen atoms in total. The monoisotopic (exact) mass is 426 g/mol. The molecule has 0 unspecified atom stereocenters. The number of para-hydroxylation sites is 1. The minimum atomic E-state index is -0.0432. The van der Waals surface area contributed by atoms with Gasteiger partial charge in [0.25, 0.3) is 5.56 Å². The van der Waals surface area contributed by atoms with Gasteiger partial charge in [-0.2, -0.15) is 0 Å². The first kappa shape index (κ1) is 19.8. The molecule has 29 heavy (non-hydrogen) atoms. The molecule has 0 amide bonds. The first-order valence-corrected chi connectivity index (χ1v) is 11.5. The summed E-state index contributed by atoms with van der Waals surface area (Å²) in [5, 5.41) is 9.89. The molecule has 0 saturated carbocycles. The maximum atomic E-state index is 13.0. The number of hydrogen-bond acceptors (Lipinski definition) is 6. The standard InChI is InChI=1S/C21H22N4O2S2/c1-3-4-7-12-24-19(27)15-8-5-6-9-16(15)25-20(24)22-23-21(25)28-13-17(26)18-11-10-14(2)29-18/h5-6,8-11H,3-4,7,12-13H2,1-2H3. The van der Waals surface area contributed by atoms with Gasteiger partial charge in [-0.25, -0.2) is 0 Å². The van der Waals surface area contributed by atoms with E-state index in [4.69, 9.17) is 0 Å². The van der Waals surface area contributed by atoms with Crippen molar-refractivity contribution in [2.75, 3.05) is 5.75 Å². The highest BCUT2D eigenvalue weighted by molar-refractivity contribution is 7.99. The molecule has 0 atom stereocenters. The number of carbonyl (C=O) groups is 1. The van der Waals surface area contributed by atoms with Crippen LogP contribution in [0, 0.1) is 6.92 Å². The number of Topliss-reactive ketones (excluding diaryl/α,β-unsaturated/α-hetero) is 1. The van der Waals surface area contributed by atoms with E-state index in [-0.39, 0.29) is 17.1 Å². The molecule has 0 aliphatic heterocycles. The zero-order valence-corrected chi connectivity index (χ0v) is 18.1. The third-order valence-corrected chi connectivity index (χ3v) is 6.78. The van der Waals surface area contributed by atoms with Crippen LogP contribution in [-0.2, 0) is 6.54 Å². The molecule has 4 rings (SSSR count). The molecule has 0 spiro atoms. The van der Waals surface area contributed by atoms with E-state index >= 15 is 0 Å². The first-order chi connectivity index (χ1) is 14.1. The summed E-state index contributed by atoms with van der Waals surface area (Å²) in [5.41, 5.74) is 0.726. The summed E-state index contributed by atoms with van der Waals surface area (Å²) in [6.07, 6.45) is 3.04. The molecule has 4 aromatic rings. The molecule has 0 aliphatic carbocycles. The number of carbonyl (C=O) groups excluding carboxylic acids is 1. The van der Waals surface area contributed by atoms with Crippen molar-refractivity contribution in [1.29, 1.82) is 0 Å². The van der Waals surface area contributed by atoms with Crippen molar-refractivity contribution >= 4 is 45.6 Å². The average Bonchev–Trinajstić information content (AvgIpc) is 3.35. The zero-order chi connectivity index (χ0) is 20.4. The van der Waals surface area contributed by atoms with Gasteiger partial charge in [-0.3, -0.25) is 18.6 Å². The van der Waals surface area contributed by atoms with E-state index in [0.29, 0.717) is 22.9 Å². The fraction of sp³-hybridized carbons (Fsp3) is 0.333. The minimum Gasteiger partial charge on any atom is -0.292 e. The van der Waals surface area contributed by atoms with Gasteiger partial charge >= 0.3 is 0 Å². The van der Waals surface area contributed by atoms with Crippen LogP contribution in [0.5, 0.6) is 0 Å². The lowest BCUT2D eigenvalue weighted by atomic mass is 10.2. The number of ketones is 1. The summed E-state index contributed by atoms with van der Waals surface area (Å²) >= 11 is 2.86. The van der Waals surface area contributed by atoms with Gasteiger partial charge < -0.3 is 0 Å². The Morgan fingerprint density at radius 2 is 1.97 bits per heavy atom. The minimum absolute atomic E-state index is 0.0432. The highest BCUT2D eigenvalue weighted by Crippen LogP contribution is 2.24. The van der Waals surface area contributed by atoms with E-state index in [2.05, 4.69) is 17.1 Å². The first-order valence-electron chi connectivity index (χ1n) is 9.69. The number of rotatable bonds is 8. The van der Waals surface area contributed by atoms with Crippen molar-refractivity contribution in [2.24, 2.45) is 0 Å². The van der Waals surface area contributed by atoms with Crippen LogP contribution >= 0.6 is 23.1 Å². The topological polar surface area (TPSA) is 69.3 Å². The van der Waals surface area contributed by atoms with E-state index in [0.717, 1.165) is 34.5 Å². The molecule has 0 fully saturated rings. The Labute approximate surface area is 176 Å². The maximum absolute atomic E-state index is 13.0. The number of aryl methyl sites for hydroxylation is 2. The average molecular weight is 427 g/mol. The Morgan fingerprint density at radius 3 is 2.72 bits per heavy atom. The summed E-state index contributed by atoms with van der Waals surface area (Å²) in [5.74, 6) is 0.890. The molecule has 8 heteroatoms. The Morgan fingerprint density at radius 1 is 1.14 bits per heavy atom. The second kappa shape index (κ2) is 8.51. The van der Waals surface area contributed by atoms with Crippen LogP contribution in [0.15, 0.2) is 46.3 Å². The number of aromatic nitrogens is 4. The highest BCUT2D eigenvalue weighted by atomic mass is 32.2. The van der Waals surface area contributed by atoms with Gasteiger partial charge in [-0.15, -0.1) is 21.5 Å². The van der Waals surface area contributed by atoms with Crippen LogP contribution in [-0.4, -0.2) is 30.7 Å². The largest absolute Gasteiger partial charge is 0.292 e. The maximum Gasteiger partial charge on any atom is 0.262 e. The van der Waals surface area contributed by atoms with Crippen molar-refractivity contribution < 1.29 is 4.79 Å². The normalized spacial score (nSPS) is 11.5. The van der Waals surface area contributed by atoms with E-state index < -0.39 is 0 Å². The molecule has 0 aliphatic rings. The molecule has 0 N–H and O–H groups in total. The molecular formula is C21H22N4O2S2. The van der Waals surface area contributed by atoms with Gasteiger partial charge in [0.1, 0.15) is 0 Å². The van der Waals surface area contributed by atoms with Crippen LogP contribution in [0.1, 0.15) is 40.7 Å². The van der Waals surface area contributed by atoms with Crippen LogP contribution in [0.4, 0.5) is 0 Å². The van der Waals surface area contributed by atoms with E-state index in [1.165, 1.54) is 23.1 Å². The van der Waals surface area contributed by atoms with Gasteiger partial charge in [-0.1, -0.05) is 43.7 Å². The lowest BCUT2D eigenvalue weighted by Gasteiger charge is -2.11. The molecule has 0 saturated heterocycles. The smallest absolute Gasteiger partial charge is 0.262 e. The Hall–Kier alpha value is -2.45. The SMILES string of the molecule is CCCCCn1c(=O)c2ccccc2n2c(SCC(=O)c3ccc(C)s3)nnc12. The summed E-state index contributed by atoms with van der Waals surface area (Å²) in [6.45, 7) is 4.73. The number of hydrogen-bond donors (Lipinski definition) is 0. The molecular weight excluding hydrogens is 404 g/mol. The van der Waals surface area contributed by atoms with Crippen LogP contribution in [0.2, 0.25) is 0 Å². The number of thiophene rings is 1. The van der Waals surface area contributed by atoms with Crippen LogP contribution in [0.25, 0.3) is 16.7 Å². The van der Waals surface area contributed by atoms with Crippen LogP contribution < -0.4 is 5.56 Å². The lowest BCUT2D eigenvalue weighted by molar-refractivity contribution is 0.102. The summed E-state index contributed by atoms with van der Waals surface area (Å²) in [7, 11) is 0. The van der Waals surface area contributed by atoms with Crippen molar-refractivity contribution in [3.63, 3.8) is 0 Å². The molecule has 150 valence electrons. The fourth-order valence-electron chi connectivity index (χ4n) is 3.33. The Bertz CT molecular complexity index is 1240. The fourth-order valence-corrected chi connectivity index (χ4v) is 5.05.